The molecule has 0 radical (unpaired) electrons. The van der Waals surface area contributed by atoms with Crippen LogP contribution in [0.5, 0.6) is 0 Å². The molecule has 4 aromatic rings. The van der Waals surface area contributed by atoms with Gasteiger partial charge in [-0.05, 0) is 99.1 Å². The number of amides is 6. The summed E-state index contributed by atoms with van der Waals surface area (Å²) in [6, 6.07) is 11.1. The van der Waals surface area contributed by atoms with E-state index in [1.165, 1.54) is 19.3 Å². The lowest BCUT2D eigenvalue weighted by molar-refractivity contribution is -0.136. The predicted octanol–water partition coefficient (Wildman–Crippen LogP) is 3.94. The lowest BCUT2D eigenvalue weighted by Crippen LogP contribution is -2.59. The summed E-state index contributed by atoms with van der Waals surface area (Å²) in [5.74, 6) is -0.337. The molecule has 18 nitrogen and oxygen atoms in total. The number of nitrogens with zero attached hydrogens (tertiary/aromatic N) is 6. The van der Waals surface area contributed by atoms with E-state index in [1.54, 1.807) is 47.4 Å². The van der Waals surface area contributed by atoms with Crippen LogP contribution in [0.15, 0.2) is 54.9 Å². The highest BCUT2D eigenvalue weighted by molar-refractivity contribution is 6.25. The third-order valence-corrected chi connectivity index (χ3v) is 13.4. The highest BCUT2D eigenvalue weighted by Gasteiger charge is 2.52. The largest absolute Gasteiger partial charge is 0.382 e. The van der Waals surface area contributed by atoms with Gasteiger partial charge < -0.3 is 25.4 Å². The summed E-state index contributed by atoms with van der Waals surface area (Å²) in [5.41, 5.74) is 3.66. The summed E-state index contributed by atoms with van der Waals surface area (Å²) in [5, 5.41) is 24.8. The van der Waals surface area contributed by atoms with Crippen molar-refractivity contribution in [2.75, 3.05) is 38.3 Å². The van der Waals surface area contributed by atoms with E-state index >= 15 is 0 Å². The van der Waals surface area contributed by atoms with Gasteiger partial charge >= 0.3 is 0 Å². The molecule has 2 aliphatic heterocycles. The van der Waals surface area contributed by atoms with Crippen molar-refractivity contribution in [2.24, 2.45) is 17.8 Å². The number of piperidine rings is 1. The number of carbonyl (C=O) groups is 6. The van der Waals surface area contributed by atoms with Crippen molar-refractivity contribution >= 4 is 41.1 Å². The quantitative estimate of drug-likeness (QED) is 0.0876. The molecule has 6 amide bonds. The van der Waals surface area contributed by atoms with Crippen LogP contribution in [0.25, 0.3) is 5.69 Å². The van der Waals surface area contributed by atoms with Gasteiger partial charge in [-0.3, -0.25) is 39.0 Å². The number of rotatable bonds is 17. The molecule has 2 aromatic heterocycles. The zero-order valence-corrected chi connectivity index (χ0v) is 37.1. The molecular formula is C47H56N10O8. The summed E-state index contributed by atoms with van der Waals surface area (Å²) >= 11 is 0. The second-order valence-corrected chi connectivity index (χ2v) is 19.3. The Bertz CT molecular complexity index is 2470. The van der Waals surface area contributed by atoms with E-state index in [1.807, 2.05) is 16.8 Å². The van der Waals surface area contributed by atoms with Crippen molar-refractivity contribution in [3.63, 3.8) is 0 Å². The molecule has 5 fully saturated rings. The van der Waals surface area contributed by atoms with Gasteiger partial charge in [0.1, 0.15) is 11.7 Å². The monoisotopic (exact) mass is 888 g/mol. The van der Waals surface area contributed by atoms with Gasteiger partial charge in [-0.15, -0.1) is 5.10 Å². The summed E-state index contributed by atoms with van der Waals surface area (Å²) in [7, 11) is 0. The Morgan fingerprint density at radius 3 is 2.28 bits per heavy atom. The second kappa shape index (κ2) is 18.0. The van der Waals surface area contributed by atoms with Crippen LogP contribution in [0.3, 0.4) is 0 Å². The first-order chi connectivity index (χ1) is 31.2. The first-order valence-electron chi connectivity index (χ1n) is 22.7. The standard InChI is InChI=1S/C47H56N10O8/c1-46(2,3)40-35(42(60)52-47-22-28-19-29(23-47)21-30(20-28)24-47)26-50-57(40)33-9-7-31(8-10-33)41(59)49-25-32-27-55(54-53-32)14-16-65-18-17-64-15-13-48-36-6-4-5-34-39(36)45(63)56(44(34)62)37-11-12-38(58)51-43(37)61/h4-10,26-30,37,48H,11-25H2,1-3H3,(H,49,59)(H,52,60)(H,51,58,61). The zero-order valence-electron chi connectivity index (χ0n) is 37.1. The van der Waals surface area contributed by atoms with Crippen LogP contribution in [0.2, 0.25) is 0 Å². The van der Waals surface area contributed by atoms with E-state index < -0.39 is 29.7 Å². The third-order valence-electron chi connectivity index (χ3n) is 13.4. The average molecular weight is 889 g/mol. The fourth-order valence-electron chi connectivity index (χ4n) is 11.0. The fourth-order valence-corrected chi connectivity index (χ4v) is 11.0. The van der Waals surface area contributed by atoms with Crippen LogP contribution in [0, 0.1) is 17.8 Å². The molecule has 18 heteroatoms. The minimum Gasteiger partial charge on any atom is -0.382 e. The summed E-state index contributed by atoms with van der Waals surface area (Å²) in [6.45, 7) is 8.58. The van der Waals surface area contributed by atoms with E-state index in [-0.39, 0.29) is 53.3 Å². The third kappa shape index (κ3) is 9.18. The van der Waals surface area contributed by atoms with E-state index in [2.05, 4.69) is 52.4 Å². The van der Waals surface area contributed by atoms with Gasteiger partial charge in [0.25, 0.3) is 23.6 Å². The van der Waals surface area contributed by atoms with Gasteiger partial charge in [0, 0.05) is 35.2 Å². The van der Waals surface area contributed by atoms with Crippen LogP contribution in [-0.4, -0.2) is 110 Å². The number of aromatic nitrogens is 5. The van der Waals surface area contributed by atoms with E-state index in [0.29, 0.717) is 62.0 Å². The predicted molar refractivity (Wildman–Crippen MR) is 235 cm³/mol. The lowest BCUT2D eigenvalue weighted by atomic mass is 9.53. The molecule has 4 bridgehead atoms. The Morgan fingerprint density at radius 2 is 1.58 bits per heavy atom. The number of fused-ring (bicyclic) bond motifs is 1. The Morgan fingerprint density at radius 1 is 0.877 bits per heavy atom. The van der Waals surface area contributed by atoms with Gasteiger partial charge in [0.2, 0.25) is 11.8 Å². The molecule has 2 aromatic carbocycles. The maximum atomic E-state index is 13.9. The number of imide groups is 2. The number of benzene rings is 2. The van der Waals surface area contributed by atoms with Crippen LogP contribution in [-0.2, 0) is 37.6 Å². The number of hydrogen-bond acceptors (Lipinski definition) is 12. The van der Waals surface area contributed by atoms with Gasteiger partial charge in [-0.1, -0.05) is 32.1 Å². The molecule has 0 spiro atoms. The van der Waals surface area contributed by atoms with Crippen LogP contribution >= 0.6 is 0 Å². The topological polar surface area (TPSA) is 221 Å². The lowest BCUT2D eigenvalue weighted by Gasteiger charge is -2.56. The van der Waals surface area contributed by atoms with Crippen LogP contribution in [0.4, 0.5) is 5.69 Å². The smallest absolute Gasteiger partial charge is 0.264 e. The minimum absolute atomic E-state index is 0.0462. The molecule has 4 aliphatic carbocycles. The Labute approximate surface area is 376 Å². The molecule has 4 heterocycles. The van der Waals surface area contributed by atoms with Gasteiger partial charge in [0.15, 0.2) is 0 Å². The molecule has 10 rings (SSSR count). The minimum atomic E-state index is -1.03. The first kappa shape index (κ1) is 44.0. The van der Waals surface area contributed by atoms with Crippen LogP contribution < -0.4 is 21.3 Å². The SMILES string of the molecule is CC(C)(C)c1c(C(=O)NC23CC4CC(CC(C4)C2)C3)cnn1-c1ccc(C(=O)NCc2cn(CCOCCOCCNc3cccc4c3C(=O)N(C3CCC(=O)NC3=O)C4=O)nn2)cc1. The van der Waals surface area contributed by atoms with Crippen molar-refractivity contribution in [3.8, 4) is 5.69 Å². The van der Waals surface area contributed by atoms with Crippen molar-refractivity contribution in [3.05, 3.63) is 88.5 Å². The van der Waals surface area contributed by atoms with E-state index in [0.717, 1.165) is 53.3 Å². The van der Waals surface area contributed by atoms with Crippen LogP contribution in [0.1, 0.15) is 125 Å². The number of nitrogens with one attached hydrogen (secondary N) is 4. The number of hydrogen-bond donors (Lipinski definition) is 4. The van der Waals surface area contributed by atoms with Crippen molar-refractivity contribution in [1.29, 1.82) is 0 Å². The Balaban J connectivity index is 0.686. The molecule has 1 unspecified atom stereocenters. The summed E-state index contributed by atoms with van der Waals surface area (Å²) in [4.78, 5) is 78.3. The Hall–Kier alpha value is -6.27. The van der Waals surface area contributed by atoms with Gasteiger partial charge in [-0.25, -0.2) is 9.36 Å². The molecule has 6 aliphatic rings. The molecule has 342 valence electrons. The maximum absolute atomic E-state index is 13.9. The fraction of sp³-hybridized carbons (Fsp3) is 0.511. The van der Waals surface area contributed by atoms with Gasteiger partial charge in [0.05, 0.1) is 80.0 Å². The highest BCUT2D eigenvalue weighted by atomic mass is 16.5. The summed E-state index contributed by atoms with van der Waals surface area (Å²) < 4.78 is 14.8. The Kier molecular flexibility index (Phi) is 12.1. The number of ether oxygens (including phenoxy) is 2. The highest BCUT2D eigenvalue weighted by Crippen LogP contribution is 2.55. The maximum Gasteiger partial charge on any atom is 0.264 e. The van der Waals surface area contributed by atoms with Crippen molar-refractivity contribution in [2.45, 2.75) is 102 Å². The molecule has 4 N–H and O–H groups in total. The van der Waals surface area contributed by atoms with Gasteiger partial charge in [-0.2, -0.15) is 5.10 Å². The second-order valence-electron chi connectivity index (χ2n) is 19.3. The van der Waals surface area contributed by atoms with Crippen molar-refractivity contribution < 1.29 is 38.2 Å². The number of anilines is 1. The summed E-state index contributed by atoms with van der Waals surface area (Å²) in [6.07, 6.45) is 10.8. The average Bonchev–Trinajstić information content (AvgIpc) is 3.99. The van der Waals surface area contributed by atoms with Crippen molar-refractivity contribution in [1.82, 2.24) is 45.6 Å². The van der Waals surface area contributed by atoms with E-state index in [9.17, 15) is 28.8 Å². The molecule has 1 saturated heterocycles. The molecule has 4 saturated carbocycles. The molecule has 1 atom stereocenters. The first-order valence-corrected chi connectivity index (χ1v) is 22.7. The van der Waals surface area contributed by atoms with E-state index in [4.69, 9.17) is 14.6 Å². The molecular weight excluding hydrogens is 833 g/mol. The number of carbonyl (C=O) groups excluding carboxylic acids is 6. The zero-order chi connectivity index (χ0) is 45.5. The molecule has 65 heavy (non-hydrogen) atoms. The normalized spacial score (nSPS) is 23.5.